The van der Waals surface area contributed by atoms with Gasteiger partial charge in [-0.3, -0.25) is 0 Å². The largest absolute Gasteiger partial charge is 0.316 e. The van der Waals surface area contributed by atoms with Crippen LogP contribution in [-0.4, -0.2) is 13.1 Å². The lowest BCUT2D eigenvalue weighted by Gasteiger charge is -2.12. The van der Waals surface area contributed by atoms with Gasteiger partial charge in [-0.25, -0.2) is 0 Å². The maximum Gasteiger partial charge on any atom is 0.0180 e. The van der Waals surface area contributed by atoms with Crippen molar-refractivity contribution in [3.63, 3.8) is 0 Å². The van der Waals surface area contributed by atoms with E-state index in [9.17, 15) is 0 Å². The molecule has 1 aromatic rings. The predicted octanol–water partition coefficient (Wildman–Crippen LogP) is 3.72. The second kappa shape index (κ2) is 5.33. The van der Waals surface area contributed by atoms with E-state index >= 15 is 0 Å². The molecule has 1 aromatic carbocycles. The van der Waals surface area contributed by atoms with E-state index in [0.717, 1.165) is 5.92 Å². The van der Waals surface area contributed by atoms with Crippen LogP contribution in [0.2, 0.25) is 0 Å². The third-order valence-corrected chi connectivity index (χ3v) is 3.79. The first-order valence-corrected chi connectivity index (χ1v) is 6.94. The Morgan fingerprint density at radius 2 is 2.19 bits per heavy atom. The van der Waals surface area contributed by atoms with E-state index in [2.05, 4.69) is 53.3 Å². The normalized spacial score (nSPS) is 20.6. The maximum absolute atomic E-state index is 3.62. The van der Waals surface area contributed by atoms with Crippen LogP contribution in [0, 0.1) is 5.92 Å². The summed E-state index contributed by atoms with van der Waals surface area (Å²) >= 11 is 3.62. The number of nitrogens with one attached hydrogen (secondary N) is 1. The smallest absolute Gasteiger partial charge is 0.0180 e. The van der Waals surface area contributed by atoms with Gasteiger partial charge in [0.15, 0.2) is 0 Å². The van der Waals surface area contributed by atoms with Crippen molar-refractivity contribution in [2.75, 3.05) is 13.1 Å². The van der Waals surface area contributed by atoms with Crippen molar-refractivity contribution in [2.24, 2.45) is 5.92 Å². The van der Waals surface area contributed by atoms with Crippen LogP contribution in [0.15, 0.2) is 22.7 Å². The quantitative estimate of drug-likeness (QED) is 0.891. The number of rotatable bonds is 3. The lowest BCUT2D eigenvalue weighted by Crippen LogP contribution is -2.10. The molecule has 1 saturated heterocycles. The molecule has 0 radical (unpaired) electrons. The Kier molecular flexibility index (Phi) is 4.04. The number of benzene rings is 1. The third kappa shape index (κ3) is 3.08. The molecule has 1 unspecified atom stereocenters. The van der Waals surface area contributed by atoms with Crippen LogP contribution in [0.4, 0.5) is 0 Å². The van der Waals surface area contributed by atoms with Crippen molar-refractivity contribution < 1.29 is 0 Å². The van der Waals surface area contributed by atoms with Gasteiger partial charge in [0.25, 0.3) is 0 Å². The van der Waals surface area contributed by atoms with Gasteiger partial charge < -0.3 is 5.32 Å². The summed E-state index contributed by atoms with van der Waals surface area (Å²) < 4.78 is 1.22. The van der Waals surface area contributed by atoms with Crippen LogP contribution in [0.3, 0.4) is 0 Å². The highest BCUT2D eigenvalue weighted by molar-refractivity contribution is 9.10. The van der Waals surface area contributed by atoms with Gasteiger partial charge >= 0.3 is 0 Å². The van der Waals surface area contributed by atoms with E-state index in [1.807, 2.05) is 0 Å². The van der Waals surface area contributed by atoms with Crippen molar-refractivity contribution in [3.8, 4) is 0 Å². The molecule has 1 atom stereocenters. The zero-order valence-corrected chi connectivity index (χ0v) is 11.7. The minimum Gasteiger partial charge on any atom is -0.316 e. The Bertz CT molecular complexity index is 354. The molecule has 0 aliphatic carbocycles. The highest BCUT2D eigenvalue weighted by Gasteiger charge is 2.15. The number of hydrogen-bond donors (Lipinski definition) is 1. The van der Waals surface area contributed by atoms with Crippen LogP contribution in [0.25, 0.3) is 0 Å². The summed E-state index contributed by atoms with van der Waals surface area (Å²) in [5.41, 5.74) is 2.92. The molecule has 1 aliphatic rings. The van der Waals surface area contributed by atoms with Crippen LogP contribution in [0.1, 0.15) is 37.3 Å². The lowest BCUT2D eigenvalue weighted by molar-refractivity contribution is 0.579. The molecule has 1 aliphatic heterocycles. The van der Waals surface area contributed by atoms with E-state index in [-0.39, 0.29) is 0 Å². The second-order valence-corrected chi connectivity index (χ2v) is 6.03. The molecule has 88 valence electrons. The summed E-state index contributed by atoms with van der Waals surface area (Å²) in [7, 11) is 0. The molecule has 2 rings (SSSR count). The molecular weight excluding hydrogens is 262 g/mol. The average molecular weight is 282 g/mol. The molecule has 0 aromatic heterocycles. The zero-order chi connectivity index (χ0) is 11.5. The molecule has 0 bridgehead atoms. The monoisotopic (exact) mass is 281 g/mol. The molecule has 0 saturated carbocycles. The van der Waals surface area contributed by atoms with Crippen molar-refractivity contribution in [2.45, 2.75) is 32.6 Å². The van der Waals surface area contributed by atoms with Gasteiger partial charge in [-0.15, -0.1) is 0 Å². The van der Waals surface area contributed by atoms with E-state index < -0.39 is 0 Å². The second-order valence-electron chi connectivity index (χ2n) is 5.11. The molecule has 1 fully saturated rings. The Morgan fingerprint density at radius 1 is 1.38 bits per heavy atom. The van der Waals surface area contributed by atoms with Crippen molar-refractivity contribution in [1.29, 1.82) is 0 Å². The fourth-order valence-corrected chi connectivity index (χ4v) is 2.91. The van der Waals surface area contributed by atoms with Gasteiger partial charge in [-0.2, -0.15) is 0 Å². The van der Waals surface area contributed by atoms with Crippen molar-refractivity contribution in [1.82, 2.24) is 5.32 Å². The molecule has 0 spiro atoms. The summed E-state index contributed by atoms with van der Waals surface area (Å²) in [5.74, 6) is 1.44. The summed E-state index contributed by atoms with van der Waals surface area (Å²) in [5, 5.41) is 3.43. The molecule has 16 heavy (non-hydrogen) atoms. The standard InChI is InChI=1S/C14H20BrN/c1-10(2)13-6-12(7-14(15)8-13)5-11-3-4-16-9-11/h6-8,10-11,16H,3-5,9H2,1-2H3. The van der Waals surface area contributed by atoms with Crippen LogP contribution < -0.4 is 5.32 Å². The Labute approximate surface area is 107 Å². The molecule has 1 heterocycles. The van der Waals surface area contributed by atoms with Crippen LogP contribution in [0.5, 0.6) is 0 Å². The van der Waals surface area contributed by atoms with E-state index in [1.165, 1.54) is 41.5 Å². The molecule has 1 nitrogen and oxygen atoms in total. The van der Waals surface area contributed by atoms with E-state index in [0.29, 0.717) is 5.92 Å². The summed E-state index contributed by atoms with van der Waals surface area (Å²) in [6.07, 6.45) is 2.54. The minimum absolute atomic E-state index is 0.609. The van der Waals surface area contributed by atoms with Crippen LogP contribution >= 0.6 is 15.9 Å². The first-order chi connectivity index (χ1) is 7.65. The molecular formula is C14H20BrN. The summed E-state index contributed by atoms with van der Waals surface area (Å²) in [6, 6.07) is 6.87. The highest BCUT2D eigenvalue weighted by atomic mass is 79.9. The predicted molar refractivity (Wildman–Crippen MR) is 72.9 cm³/mol. The molecule has 2 heteroatoms. The first kappa shape index (κ1) is 12.1. The molecule has 0 amide bonds. The van der Waals surface area contributed by atoms with Gasteiger partial charge in [-0.05, 0) is 61.0 Å². The Morgan fingerprint density at radius 3 is 2.81 bits per heavy atom. The number of hydrogen-bond acceptors (Lipinski definition) is 1. The van der Waals surface area contributed by atoms with Gasteiger partial charge in [-0.1, -0.05) is 35.8 Å². The lowest BCUT2D eigenvalue weighted by atomic mass is 9.94. The van der Waals surface area contributed by atoms with Gasteiger partial charge in [0.05, 0.1) is 0 Å². The number of halogens is 1. The first-order valence-electron chi connectivity index (χ1n) is 6.15. The fourth-order valence-electron chi connectivity index (χ4n) is 2.35. The molecule has 1 N–H and O–H groups in total. The van der Waals surface area contributed by atoms with Crippen molar-refractivity contribution in [3.05, 3.63) is 33.8 Å². The SMILES string of the molecule is CC(C)c1cc(Br)cc(CC2CCNC2)c1. The highest BCUT2D eigenvalue weighted by Crippen LogP contribution is 2.24. The van der Waals surface area contributed by atoms with Gasteiger partial charge in [0.2, 0.25) is 0 Å². The Balaban J connectivity index is 2.13. The minimum atomic E-state index is 0.609. The summed E-state index contributed by atoms with van der Waals surface area (Å²) in [6.45, 7) is 6.88. The maximum atomic E-state index is 3.62. The van der Waals surface area contributed by atoms with Gasteiger partial charge in [0, 0.05) is 4.47 Å². The van der Waals surface area contributed by atoms with E-state index in [1.54, 1.807) is 0 Å². The van der Waals surface area contributed by atoms with E-state index in [4.69, 9.17) is 0 Å². The summed E-state index contributed by atoms with van der Waals surface area (Å²) in [4.78, 5) is 0. The Hall–Kier alpha value is -0.340. The fraction of sp³-hybridized carbons (Fsp3) is 0.571. The van der Waals surface area contributed by atoms with Crippen LogP contribution in [-0.2, 0) is 6.42 Å². The average Bonchev–Trinajstić information content (AvgIpc) is 2.69. The topological polar surface area (TPSA) is 12.0 Å². The third-order valence-electron chi connectivity index (χ3n) is 3.33. The zero-order valence-electron chi connectivity index (χ0n) is 10.1. The van der Waals surface area contributed by atoms with Gasteiger partial charge in [0.1, 0.15) is 0 Å². The van der Waals surface area contributed by atoms with Crippen molar-refractivity contribution >= 4 is 15.9 Å².